The van der Waals surface area contributed by atoms with Crippen molar-refractivity contribution in [1.82, 2.24) is 19.0 Å². The molecule has 2 fully saturated rings. The number of para-hydroxylation sites is 1. The van der Waals surface area contributed by atoms with E-state index in [0.717, 1.165) is 36.9 Å². The van der Waals surface area contributed by atoms with Crippen LogP contribution >= 0.6 is 24.0 Å². The summed E-state index contributed by atoms with van der Waals surface area (Å²) < 4.78 is 44.3. The fourth-order valence-corrected chi connectivity index (χ4v) is 8.02. The Labute approximate surface area is 260 Å². The minimum Gasteiger partial charge on any atom is -0.288 e. The van der Waals surface area contributed by atoms with Crippen LogP contribution in [0, 0.1) is 5.82 Å². The molecule has 2 aliphatic rings. The summed E-state index contributed by atoms with van der Waals surface area (Å²) in [5.74, 6) is -0.601. The molecule has 2 aliphatic heterocycles. The molecule has 2 saturated heterocycles. The van der Waals surface area contributed by atoms with E-state index in [1.54, 1.807) is 45.4 Å². The van der Waals surface area contributed by atoms with E-state index >= 15 is 0 Å². The van der Waals surface area contributed by atoms with Crippen LogP contribution in [0.5, 0.6) is 0 Å². The third kappa shape index (κ3) is 6.35. The molecule has 1 aromatic heterocycles. The van der Waals surface area contributed by atoms with Crippen LogP contribution in [0.1, 0.15) is 36.8 Å². The summed E-state index contributed by atoms with van der Waals surface area (Å²) in [6.07, 6.45) is 7.34. The molecule has 0 bridgehead atoms. The van der Waals surface area contributed by atoms with E-state index in [-0.39, 0.29) is 23.2 Å². The van der Waals surface area contributed by atoms with Crippen LogP contribution in [0.25, 0.3) is 23.0 Å². The van der Waals surface area contributed by atoms with Gasteiger partial charge in [0.15, 0.2) is 0 Å². The number of hydrogen-bond acceptors (Lipinski definition) is 6. The average Bonchev–Trinajstić information content (AvgIpc) is 3.40. The number of thiocarbonyl (C=S) groups is 1. The Hall–Kier alpha value is -3.64. The van der Waals surface area contributed by atoms with Gasteiger partial charge in [0.25, 0.3) is 5.91 Å². The van der Waals surface area contributed by atoms with Crippen LogP contribution in [-0.4, -0.2) is 50.7 Å². The lowest BCUT2D eigenvalue weighted by Crippen LogP contribution is -2.31. The highest BCUT2D eigenvalue weighted by Crippen LogP contribution is 2.36. The van der Waals surface area contributed by atoms with Crippen molar-refractivity contribution >= 4 is 50.3 Å². The number of aromatic nitrogens is 2. The van der Waals surface area contributed by atoms with E-state index in [0.29, 0.717) is 39.1 Å². The molecular weight excluding hydrogens is 604 g/mol. The van der Waals surface area contributed by atoms with Crippen molar-refractivity contribution in [2.24, 2.45) is 0 Å². The Kier molecular flexibility index (Phi) is 8.58. The molecule has 0 spiro atoms. The van der Waals surface area contributed by atoms with Crippen LogP contribution in [0.4, 0.5) is 4.39 Å². The number of halogens is 1. The molecule has 3 aromatic carbocycles. The summed E-state index contributed by atoms with van der Waals surface area (Å²) >= 11 is 6.73. The molecular formula is C32H29FN4O3S3. The molecule has 0 unspecified atom stereocenters. The largest absolute Gasteiger partial charge is 0.288 e. The van der Waals surface area contributed by atoms with Gasteiger partial charge >= 0.3 is 0 Å². The van der Waals surface area contributed by atoms with Crippen molar-refractivity contribution < 1.29 is 17.6 Å². The first kappa shape index (κ1) is 29.4. The molecule has 0 atom stereocenters. The molecule has 3 heterocycles. The molecule has 1 amide bonds. The van der Waals surface area contributed by atoms with E-state index in [9.17, 15) is 17.6 Å². The van der Waals surface area contributed by atoms with Gasteiger partial charge in [0.1, 0.15) is 15.8 Å². The number of nitrogens with zero attached hydrogens (tertiary/aromatic N) is 4. The zero-order valence-corrected chi connectivity index (χ0v) is 25.7. The number of thioether (sulfide) groups is 1. The number of benzene rings is 3. The molecule has 220 valence electrons. The fraction of sp³-hybridized carbons (Fsp3) is 0.219. The van der Waals surface area contributed by atoms with Crippen molar-refractivity contribution in [3.8, 4) is 16.9 Å². The second-order valence-corrected chi connectivity index (χ2v) is 14.1. The smallest absolute Gasteiger partial charge is 0.266 e. The maximum atomic E-state index is 13.6. The number of carbonyl (C=O) groups excluding carboxylic acids is 1. The van der Waals surface area contributed by atoms with E-state index < -0.39 is 10.0 Å². The predicted octanol–water partition coefficient (Wildman–Crippen LogP) is 6.64. The van der Waals surface area contributed by atoms with E-state index in [1.165, 1.54) is 28.8 Å². The van der Waals surface area contributed by atoms with E-state index in [1.807, 2.05) is 42.6 Å². The third-order valence-electron chi connectivity index (χ3n) is 7.49. The maximum absolute atomic E-state index is 13.6. The Morgan fingerprint density at radius 3 is 2.37 bits per heavy atom. The fourth-order valence-electron chi connectivity index (χ4n) is 5.22. The Morgan fingerprint density at radius 2 is 1.65 bits per heavy atom. The van der Waals surface area contributed by atoms with Crippen LogP contribution < -0.4 is 0 Å². The minimum atomic E-state index is -3.67. The minimum absolute atomic E-state index is 0.220. The van der Waals surface area contributed by atoms with Gasteiger partial charge in [-0.15, -0.1) is 0 Å². The van der Waals surface area contributed by atoms with Gasteiger partial charge < -0.3 is 0 Å². The zero-order chi connectivity index (χ0) is 30.0. The first-order chi connectivity index (χ1) is 20.8. The van der Waals surface area contributed by atoms with Crippen molar-refractivity contribution in [3.05, 3.63) is 107 Å². The molecule has 6 rings (SSSR count). The zero-order valence-electron chi connectivity index (χ0n) is 23.2. The molecule has 4 aromatic rings. The van der Waals surface area contributed by atoms with Gasteiger partial charge in [-0.05, 0) is 60.9 Å². The van der Waals surface area contributed by atoms with Gasteiger partial charge in [0, 0.05) is 30.4 Å². The molecule has 0 N–H and O–H groups in total. The number of carbonyl (C=O) groups is 1. The standard InChI is InChI=1S/C32H29FN4O3S3/c33-26-15-13-23(14-16-26)21-36-31(38)29(42-32(36)41)20-25-22-37(27-10-4-3-5-11-27)34-30(25)24-9-8-12-28(19-24)43(39,40)35-17-6-1-2-7-18-35/h3-5,8-16,19-20,22H,1-2,6-7,17-18,21H2/b29-20-. The van der Waals surface area contributed by atoms with Crippen molar-refractivity contribution in [2.45, 2.75) is 37.1 Å². The lowest BCUT2D eigenvalue weighted by molar-refractivity contribution is -0.122. The Bertz CT molecular complexity index is 1800. The monoisotopic (exact) mass is 632 g/mol. The normalized spacial score (nSPS) is 17.5. The van der Waals surface area contributed by atoms with Crippen molar-refractivity contribution in [3.63, 3.8) is 0 Å². The maximum Gasteiger partial charge on any atom is 0.266 e. The summed E-state index contributed by atoms with van der Waals surface area (Å²) in [6, 6.07) is 22.4. The molecule has 0 aliphatic carbocycles. The van der Waals surface area contributed by atoms with Crippen LogP contribution in [-0.2, 0) is 21.4 Å². The van der Waals surface area contributed by atoms with Crippen LogP contribution in [0.3, 0.4) is 0 Å². The van der Waals surface area contributed by atoms with Gasteiger partial charge in [0.2, 0.25) is 10.0 Å². The van der Waals surface area contributed by atoms with Crippen LogP contribution in [0.2, 0.25) is 0 Å². The number of rotatable bonds is 7. The second-order valence-electron chi connectivity index (χ2n) is 10.5. The van der Waals surface area contributed by atoms with Gasteiger partial charge in [-0.2, -0.15) is 9.40 Å². The average molecular weight is 633 g/mol. The topological polar surface area (TPSA) is 75.5 Å². The second kappa shape index (κ2) is 12.5. The van der Waals surface area contributed by atoms with Crippen molar-refractivity contribution in [2.75, 3.05) is 13.1 Å². The Balaban J connectivity index is 1.37. The number of sulfonamides is 1. The first-order valence-electron chi connectivity index (χ1n) is 14.0. The molecule has 11 heteroatoms. The van der Waals surface area contributed by atoms with E-state index in [4.69, 9.17) is 17.3 Å². The number of hydrogen-bond donors (Lipinski definition) is 0. The molecule has 43 heavy (non-hydrogen) atoms. The molecule has 0 saturated carbocycles. The van der Waals surface area contributed by atoms with Gasteiger partial charge in [0.05, 0.1) is 22.0 Å². The highest BCUT2D eigenvalue weighted by molar-refractivity contribution is 8.26. The summed E-state index contributed by atoms with van der Waals surface area (Å²) in [5, 5.41) is 4.84. The highest BCUT2D eigenvalue weighted by Gasteiger charge is 2.33. The Morgan fingerprint density at radius 1 is 0.930 bits per heavy atom. The third-order valence-corrected chi connectivity index (χ3v) is 10.8. The van der Waals surface area contributed by atoms with Crippen LogP contribution in [0.15, 0.2) is 94.9 Å². The summed E-state index contributed by atoms with van der Waals surface area (Å²) in [5.41, 5.74) is 3.40. The summed E-state index contributed by atoms with van der Waals surface area (Å²) in [4.78, 5) is 15.6. The van der Waals surface area contributed by atoms with Crippen molar-refractivity contribution in [1.29, 1.82) is 0 Å². The summed E-state index contributed by atoms with van der Waals surface area (Å²) in [7, 11) is -3.67. The molecule has 0 radical (unpaired) electrons. The predicted molar refractivity (Wildman–Crippen MR) is 171 cm³/mol. The van der Waals surface area contributed by atoms with Gasteiger partial charge in [-0.25, -0.2) is 17.5 Å². The lowest BCUT2D eigenvalue weighted by Gasteiger charge is -2.20. The molecule has 7 nitrogen and oxygen atoms in total. The number of amides is 1. The SMILES string of the molecule is O=C1/C(=C/c2cn(-c3ccccc3)nc2-c2cccc(S(=O)(=O)N3CCCCCC3)c2)SC(=S)N1Cc1ccc(F)cc1. The van der Waals surface area contributed by atoms with E-state index in [2.05, 4.69) is 0 Å². The summed E-state index contributed by atoms with van der Waals surface area (Å²) in [6.45, 7) is 1.26. The highest BCUT2D eigenvalue weighted by atomic mass is 32.2. The quantitative estimate of drug-likeness (QED) is 0.168. The van der Waals surface area contributed by atoms with Gasteiger partial charge in [-0.1, -0.05) is 79.3 Å². The lowest BCUT2D eigenvalue weighted by atomic mass is 10.1. The van der Waals surface area contributed by atoms with Gasteiger partial charge in [-0.3, -0.25) is 9.69 Å². The first-order valence-corrected chi connectivity index (χ1v) is 16.7.